The zero-order chi connectivity index (χ0) is 23.7. The predicted octanol–water partition coefficient (Wildman–Crippen LogP) is 3.04. The van der Waals surface area contributed by atoms with Crippen LogP contribution < -0.4 is 9.64 Å². The summed E-state index contributed by atoms with van der Waals surface area (Å²) in [5.74, 6) is -0.689. The molecule has 2 aliphatic rings. The summed E-state index contributed by atoms with van der Waals surface area (Å²) in [6, 6.07) is 16.8. The monoisotopic (exact) mass is 477 g/mol. The second kappa shape index (κ2) is 9.00. The molecule has 1 atom stereocenters. The van der Waals surface area contributed by atoms with Crippen LogP contribution in [0.5, 0.6) is 5.75 Å². The molecule has 3 aromatic rings. The van der Waals surface area contributed by atoms with E-state index in [4.69, 9.17) is 4.74 Å². The second-order valence-electron chi connectivity index (χ2n) is 8.29. The molecule has 1 unspecified atom stereocenters. The fraction of sp³-hybridized carbons (Fsp3) is 0.240. The summed E-state index contributed by atoms with van der Waals surface area (Å²) in [5, 5.41) is 0. The maximum absolute atomic E-state index is 13.5. The zero-order valence-electron chi connectivity index (χ0n) is 18.3. The van der Waals surface area contributed by atoms with Gasteiger partial charge in [0.15, 0.2) is 0 Å². The normalized spacial score (nSPS) is 18.4. The fourth-order valence-electron chi connectivity index (χ4n) is 4.40. The highest BCUT2D eigenvalue weighted by molar-refractivity contribution is 7.89. The minimum atomic E-state index is -3.87. The number of Topliss-reactive ketones (excluding diaryl/α,β-unsaturated/α-hetero) is 1. The first-order valence-electron chi connectivity index (χ1n) is 11.0. The van der Waals surface area contributed by atoms with Crippen LogP contribution in [-0.2, 0) is 21.4 Å². The number of hydrogen-bond donors (Lipinski definition) is 0. The molecule has 2 aromatic carbocycles. The molecule has 0 bridgehead atoms. The lowest BCUT2D eigenvalue weighted by molar-refractivity contribution is -0.114. The maximum atomic E-state index is 13.5. The Hall–Kier alpha value is -3.56. The van der Waals surface area contributed by atoms with Crippen LogP contribution in [0.3, 0.4) is 0 Å². The molecule has 9 heteroatoms. The van der Waals surface area contributed by atoms with Crippen LogP contribution >= 0.6 is 0 Å². The summed E-state index contributed by atoms with van der Waals surface area (Å²) in [6.07, 6.45) is 4.64. The van der Waals surface area contributed by atoms with Crippen LogP contribution in [0.15, 0.2) is 78.0 Å². The smallest absolute Gasteiger partial charge is 0.299 e. The van der Waals surface area contributed by atoms with E-state index >= 15 is 0 Å². The average Bonchev–Trinajstić information content (AvgIpc) is 3.44. The first-order chi connectivity index (χ1) is 16.4. The topological polar surface area (TPSA) is 96.9 Å². The van der Waals surface area contributed by atoms with Gasteiger partial charge in [-0.1, -0.05) is 18.2 Å². The van der Waals surface area contributed by atoms with Crippen molar-refractivity contribution in [3.05, 3.63) is 84.2 Å². The van der Waals surface area contributed by atoms with Gasteiger partial charge in [-0.15, -0.1) is 0 Å². The Balaban J connectivity index is 1.38. The molecule has 0 spiro atoms. The highest BCUT2D eigenvalue weighted by Crippen LogP contribution is 2.34. The number of anilines is 1. The minimum Gasteiger partial charge on any atom is -0.492 e. The number of amides is 1. The van der Waals surface area contributed by atoms with E-state index in [1.807, 2.05) is 30.3 Å². The lowest BCUT2D eigenvalue weighted by atomic mass is 10.1. The third kappa shape index (κ3) is 4.08. The van der Waals surface area contributed by atoms with Gasteiger partial charge in [0.05, 0.1) is 28.7 Å². The predicted molar refractivity (Wildman–Crippen MR) is 125 cm³/mol. The number of pyridine rings is 1. The largest absolute Gasteiger partial charge is 0.492 e. The quantitative estimate of drug-likeness (QED) is 0.485. The lowest BCUT2D eigenvalue weighted by Crippen LogP contribution is -2.39. The van der Waals surface area contributed by atoms with E-state index < -0.39 is 21.7 Å². The van der Waals surface area contributed by atoms with Crippen molar-refractivity contribution in [1.82, 2.24) is 9.29 Å². The number of carbonyl (C=O) groups excluding carboxylic acids is 2. The van der Waals surface area contributed by atoms with Gasteiger partial charge in [-0.05, 0) is 60.9 Å². The third-order valence-electron chi connectivity index (χ3n) is 6.15. The Morgan fingerprint density at radius 2 is 1.76 bits per heavy atom. The molecule has 8 nitrogen and oxygen atoms in total. The van der Waals surface area contributed by atoms with Crippen molar-refractivity contribution in [2.75, 3.05) is 18.1 Å². The number of para-hydroxylation sites is 1. The molecule has 5 rings (SSSR count). The third-order valence-corrected chi connectivity index (χ3v) is 8.10. The summed E-state index contributed by atoms with van der Waals surface area (Å²) < 4.78 is 34.2. The number of carbonyl (C=O) groups is 2. The van der Waals surface area contributed by atoms with Crippen molar-refractivity contribution in [3.8, 4) is 5.75 Å². The molecule has 0 saturated carbocycles. The second-order valence-corrected chi connectivity index (χ2v) is 10.2. The molecule has 1 fully saturated rings. The molecule has 1 amide bonds. The number of ether oxygens (including phenoxy) is 1. The van der Waals surface area contributed by atoms with E-state index in [9.17, 15) is 18.0 Å². The number of hydrogen-bond acceptors (Lipinski definition) is 6. The first-order valence-corrected chi connectivity index (χ1v) is 12.5. The molecule has 2 aliphatic heterocycles. The standard InChI is InChI=1S/C25H23N3O5S/c29-24-22-15-21(8-9-23(22)27(25(24)30)16-18-10-12-26-13-11-18)34(31,32)28-14-4-5-19(28)17-33-20-6-2-1-3-7-20/h1-3,6-13,15,19H,4-5,14,16-17H2. The Kier molecular flexibility index (Phi) is 5.89. The number of sulfonamides is 1. The number of aromatic nitrogens is 1. The van der Waals surface area contributed by atoms with Crippen molar-refractivity contribution in [2.45, 2.75) is 30.3 Å². The van der Waals surface area contributed by atoms with Gasteiger partial charge in [0.1, 0.15) is 12.4 Å². The molecular formula is C25H23N3O5S. The van der Waals surface area contributed by atoms with Gasteiger partial charge >= 0.3 is 0 Å². The van der Waals surface area contributed by atoms with Gasteiger partial charge in [-0.3, -0.25) is 14.6 Å². The molecule has 0 aliphatic carbocycles. The van der Waals surface area contributed by atoms with E-state index in [-0.39, 0.29) is 29.7 Å². The molecule has 1 aromatic heterocycles. The Morgan fingerprint density at radius 1 is 1.00 bits per heavy atom. The molecule has 34 heavy (non-hydrogen) atoms. The van der Waals surface area contributed by atoms with Crippen LogP contribution in [0.25, 0.3) is 0 Å². The van der Waals surface area contributed by atoms with Crippen molar-refractivity contribution < 1.29 is 22.7 Å². The Bertz CT molecular complexity index is 1330. The van der Waals surface area contributed by atoms with Crippen LogP contribution in [-0.4, -0.2) is 48.6 Å². The van der Waals surface area contributed by atoms with E-state index in [1.165, 1.54) is 27.4 Å². The SMILES string of the molecule is O=C1C(=O)N(Cc2ccncc2)c2ccc(S(=O)(=O)N3CCCC3COc3ccccc3)cc21. The lowest BCUT2D eigenvalue weighted by Gasteiger charge is -2.24. The maximum Gasteiger partial charge on any atom is 0.299 e. The van der Waals surface area contributed by atoms with Gasteiger partial charge in [-0.25, -0.2) is 8.42 Å². The van der Waals surface area contributed by atoms with Crippen molar-refractivity contribution in [1.29, 1.82) is 0 Å². The van der Waals surface area contributed by atoms with Crippen molar-refractivity contribution in [2.24, 2.45) is 0 Å². The summed E-state index contributed by atoms with van der Waals surface area (Å²) in [4.78, 5) is 30.7. The van der Waals surface area contributed by atoms with E-state index in [1.54, 1.807) is 24.5 Å². The number of benzene rings is 2. The number of ketones is 1. The van der Waals surface area contributed by atoms with Crippen LogP contribution in [0, 0.1) is 0 Å². The van der Waals surface area contributed by atoms with Crippen molar-refractivity contribution >= 4 is 27.4 Å². The van der Waals surface area contributed by atoms with Crippen LogP contribution in [0.2, 0.25) is 0 Å². The van der Waals surface area contributed by atoms with E-state index in [0.717, 1.165) is 12.0 Å². The highest BCUT2D eigenvalue weighted by atomic mass is 32.2. The summed E-state index contributed by atoms with van der Waals surface area (Å²) in [5.41, 5.74) is 1.34. The first kappa shape index (κ1) is 22.2. The molecule has 0 N–H and O–H groups in total. The van der Waals surface area contributed by atoms with Gasteiger partial charge in [0.25, 0.3) is 11.7 Å². The average molecular weight is 478 g/mol. The van der Waals surface area contributed by atoms with Gasteiger partial charge in [0, 0.05) is 18.9 Å². The summed E-state index contributed by atoms with van der Waals surface area (Å²) in [7, 11) is -3.87. The van der Waals surface area contributed by atoms with E-state index in [0.29, 0.717) is 24.4 Å². The van der Waals surface area contributed by atoms with Gasteiger partial charge in [0.2, 0.25) is 10.0 Å². The fourth-order valence-corrected chi connectivity index (χ4v) is 6.11. The minimum absolute atomic E-state index is 0.00442. The summed E-state index contributed by atoms with van der Waals surface area (Å²) >= 11 is 0. The number of fused-ring (bicyclic) bond motifs is 1. The highest BCUT2D eigenvalue weighted by Gasteiger charge is 2.40. The zero-order valence-corrected chi connectivity index (χ0v) is 19.1. The van der Waals surface area contributed by atoms with Gasteiger partial charge in [-0.2, -0.15) is 4.31 Å². The van der Waals surface area contributed by atoms with Crippen LogP contribution in [0.1, 0.15) is 28.8 Å². The Morgan fingerprint density at radius 3 is 2.53 bits per heavy atom. The van der Waals surface area contributed by atoms with Crippen LogP contribution in [0.4, 0.5) is 5.69 Å². The molecule has 174 valence electrons. The molecule has 3 heterocycles. The van der Waals surface area contributed by atoms with Gasteiger partial charge < -0.3 is 9.64 Å². The number of nitrogens with zero attached hydrogens (tertiary/aromatic N) is 3. The summed E-state index contributed by atoms with van der Waals surface area (Å²) in [6.45, 7) is 0.825. The molecular weight excluding hydrogens is 454 g/mol. The number of rotatable bonds is 7. The molecule has 0 radical (unpaired) electrons. The Labute approximate surface area is 197 Å². The molecule has 1 saturated heterocycles. The van der Waals surface area contributed by atoms with Crippen molar-refractivity contribution in [3.63, 3.8) is 0 Å². The van der Waals surface area contributed by atoms with E-state index in [2.05, 4.69) is 4.98 Å².